The van der Waals surface area contributed by atoms with Gasteiger partial charge in [0, 0.05) is 31.7 Å². The van der Waals surface area contributed by atoms with Gasteiger partial charge in [-0.15, -0.1) is 0 Å². The third kappa shape index (κ3) is 5.24. The standard InChI is InChI=1S/C24H25F3N4O4/c1-15(22-28-21(29-35-22)16-5-4-6-17(13-16)24(25,26)27)30-9-11-31(12-10-30)23(32)19-14-18(33-2)7-8-20(19)34-3/h4-8,13-15H,9-12H2,1-3H3. The molecule has 1 amide bonds. The Bertz CT molecular complexity index is 1190. The van der Waals surface area contributed by atoms with Crippen molar-refractivity contribution in [3.8, 4) is 22.9 Å². The first-order valence-corrected chi connectivity index (χ1v) is 11.0. The molecule has 1 aliphatic rings. The topological polar surface area (TPSA) is 80.9 Å². The van der Waals surface area contributed by atoms with Crippen molar-refractivity contribution in [1.82, 2.24) is 19.9 Å². The molecule has 1 atom stereocenters. The summed E-state index contributed by atoms with van der Waals surface area (Å²) in [4.78, 5) is 21.2. The number of alkyl halides is 3. The van der Waals surface area contributed by atoms with Crippen LogP contribution < -0.4 is 9.47 Å². The normalized spacial score (nSPS) is 15.7. The van der Waals surface area contributed by atoms with Crippen molar-refractivity contribution in [2.24, 2.45) is 0 Å². The molecule has 1 aromatic heterocycles. The van der Waals surface area contributed by atoms with Gasteiger partial charge in [-0.05, 0) is 37.3 Å². The maximum absolute atomic E-state index is 13.1. The molecule has 0 aliphatic carbocycles. The summed E-state index contributed by atoms with van der Waals surface area (Å²) in [5.41, 5.74) is -0.122. The number of ether oxygens (including phenoxy) is 2. The molecular weight excluding hydrogens is 465 g/mol. The number of aromatic nitrogens is 2. The number of hydrogen-bond donors (Lipinski definition) is 0. The highest BCUT2D eigenvalue weighted by Gasteiger charge is 2.32. The van der Waals surface area contributed by atoms with Gasteiger partial charge in [0.2, 0.25) is 11.7 Å². The molecule has 35 heavy (non-hydrogen) atoms. The largest absolute Gasteiger partial charge is 0.497 e. The van der Waals surface area contributed by atoms with Crippen LogP contribution in [0.1, 0.15) is 34.8 Å². The summed E-state index contributed by atoms with van der Waals surface area (Å²) in [6.45, 7) is 3.93. The number of methoxy groups -OCH3 is 2. The molecule has 1 unspecified atom stereocenters. The monoisotopic (exact) mass is 490 g/mol. The molecule has 0 radical (unpaired) electrons. The van der Waals surface area contributed by atoms with Gasteiger partial charge in [-0.25, -0.2) is 0 Å². The van der Waals surface area contributed by atoms with Crippen LogP contribution in [-0.2, 0) is 6.18 Å². The molecule has 2 aromatic carbocycles. The van der Waals surface area contributed by atoms with Crippen LogP contribution in [0.15, 0.2) is 47.0 Å². The summed E-state index contributed by atoms with van der Waals surface area (Å²) in [6.07, 6.45) is -4.46. The van der Waals surface area contributed by atoms with Crippen LogP contribution >= 0.6 is 0 Å². The maximum Gasteiger partial charge on any atom is 0.416 e. The molecule has 0 N–H and O–H groups in total. The Hall–Kier alpha value is -3.60. The number of benzene rings is 2. The summed E-state index contributed by atoms with van der Waals surface area (Å²) in [5.74, 6) is 1.27. The fourth-order valence-corrected chi connectivity index (χ4v) is 3.98. The zero-order valence-corrected chi connectivity index (χ0v) is 19.5. The van der Waals surface area contributed by atoms with Gasteiger partial charge in [0.05, 0.1) is 31.4 Å². The van der Waals surface area contributed by atoms with E-state index in [1.165, 1.54) is 26.4 Å². The van der Waals surface area contributed by atoms with Crippen LogP contribution in [0.2, 0.25) is 0 Å². The maximum atomic E-state index is 13.1. The first-order chi connectivity index (χ1) is 16.7. The van der Waals surface area contributed by atoms with E-state index in [0.717, 1.165) is 12.1 Å². The molecule has 0 spiro atoms. The molecule has 1 aliphatic heterocycles. The van der Waals surface area contributed by atoms with Crippen LogP contribution in [0.3, 0.4) is 0 Å². The van der Waals surface area contributed by atoms with Gasteiger partial charge in [-0.3, -0.25) is 9.69 Å². The highest BCUT2D eigenvalue weighted by molar-refractivity contribution is 5.97. The Balaban J connectivity index is 1.42. The quantitative estimate of drug-likeness (QED) is 0.510. The van der Waals surface area contributed by atoms with Crippen molar-refractivity contribution in [3.05, 3.63) is 59.5 Å². The number of carbonyl (C=O) groups excluding carboxylic acids is 1. The Labute approximate surface area is 200 Å². The second-order valence-electron chi connectivity index (χ2n) is 8.11. The van der Waals surface area contributed by atoms with E-state index in [-0.39, 0.29) is 23.3 Å². The molecule has 4 rings (SSSR count). The molecule has 1 saturated heterocycles. The van der Waals surface area contributed by atoms with Gasteiger partial charge in [0.25, 0.3) is 5.91 Å². The fraction of sp³-hybridized carbons (Fsp3) is 0.375. The van der Waals surface area contributed by atoms with Crippen molar-refractivity contribution in [1.29, 1.82) is 0 Å². The molecular formula is C24H25F3N4O4. The number of halogens is 3. The van der Waals surface area contributed by atoms with E-state index in [1.54, 1.807) is 23.1 Å². The molecule has 0 bridgehead atoms. The third-order valence-corrected chi connectivity index (χ3v) is 6.03. The Morgan fingerprint density at radius 3 is 2.46 bits per heavy atom. The lowest BCUT2D eigenvalue weighted by atomic mass is 10.1. The van der Waals surface area contributed by atoms with Crippen LogP contribution in [0.5, 0.6) is 11.5 Å². The van der Waals surface area contributed by atoms with E-state index in [2.05, 4.69) is 15.0 Å². The van der Waals surface area contributed by atoms with Gasteiger partial charge in [-0.1, -0.05) is 17.3 Å². The minimum Gasteiger partial charge on any atom is -0.497 e. The SMILES string of the molecule is COc1ccc(OC)c(C(=O)N2CCN(C(C)c3nc(-c4cccc(C(F)(F)F)c4)no3)CC2)c1. The predicted octanol–water partition coefficient (Wildman–Crippen LogP) is 4.29. The summed E-state index contributed by atoms with van der Waals surface area (Å²) >= 11 is 0. The van der Waals surface area contributed by atoms with E-state index >= 15 is 0 Å². The smallest absolute Gasteiger partial charge is 0.416 e. The number of hydrogen-bond acceptors (Lipinski definition) is 7. The van der Waals surface area contributed by atoms with Gasteiger partial charge < -0.3 is 18.9 Å². The lowest BCUT2D eigenvalue weighted by Gasteiger charge is -2.37. The number of carbonyl (C=O) groups is 1. The lowest BCUT2D eigenvalue weighted by Crippen LogP contribution is -2.49. The van der Waals surface area contributed by atoms with Crippen molar-refractivity contribution < 1.29 is 32.0 Å². The average molecular weight is 490 g/mol. The first-order valence-electron chi connectivity index (χ1n) is 11.0. The summed E-state index contributed by atoms with van der Waals surface area (Å²) < 4.78 is 55.0. The van der Waals surface area contributed by atoms with Gasteiger partial charge in [-0.2, -0.15) is 18.2 Å². The average Bonchev–Trinajstić information content (AvgIpc) is 3.37. The van der Waals surface area contributed by atoms with Crippen molar-refractivity contribution in [3.63, 3.8) is 0 Å². The second kappa shape index (κ2) is 9.95. The number of piperazine rings is 1. The predicted molar refractivity (Wildman–Crippen MR) is 120 cm³/mol. The number of amides is 1. The molecule has 1 fully saturated rings. The minimum absolute atomic E-state index is 0.0943. The van der Waals surface area contributed by atoms with Crippen LogP contribution in [0.25, 0.3) is 11.4 Å². The fourth-order valence-electron chi connectivity index (χ4n) is 3.98. The molecule has 3 aromatic rings. The van der Waals surface area contributed by atoms with Crippen molar-refractivity contribution in [2.45, 2.75) is 19.1 Å². The third-order valence-electron chi connectivity index (χ3n) is 6.03. The van der Waals surface area contributed by atoms with E-state index in [9.17, 15) is 18.0 Å². The first kappa shape index (κ1) is 24.5. The highest BCUT2D eigenvalue weighted by atomic mass is 19.4. The van der Waals surface area contributed by atoms with E-state index in [1.807, 2.05) is 6.92 Å². The van der Waals surface area contributed by atoms with Crippen molar-refractivity contribution >= 4 is 5.91 Å². The van der Waals surface area contributed by atoms with Gasteiger partial charge in [0.1, 0.15) is 11.5 Å². The number of rotatable bonds is 6. The molecule has 11 heteroatoms. The lowest BCUT2D eigenvalue weighted by molar-refractivity contribution is -0.137. The van der Waals surface area contributed by atoms with E-state index in [0.29, 0.717) is 49.1 Å². The number of nitrogens with zero attached hydrogens (tertiary/aromatic N) is 4. The molecule has 8 nitrogen and oxygen atoms in total. The molecule has 0 saturated carbocycles. The van der Waals surface area contributed by atoms with E-state index < -0.39 is 11.7 Å². The minimum atomic E-state index is -4.46. The molecule has 186 valence electrons. The Morgan fingerprint density at radius 2 is 1.80 bits per heavy atom. The molecule has 2 heterocycles. The highest BCUT2D eigenvalue weighted by Crippen LogP contribution is 2.32. The van der Waals surface area contributed by atoms with E-state index in [4.69, 9.17) is 14.0 Å². The zero-order valence-electron chi connectivity index (χ0n) is 19.5. The van der Waals surface area contributed by atoms with Gasteiger partial charge >= 0.3 is 6.18 Å². The van der Waals surface area contributed by atoms with Crippen LogP contribution in [-0.4, -0.2) is 66.2 Å². The summed E-state index contributed by atoms with van der Waals surface area (Å²) in [6, 6.07) is 9.62. The zero-order chi connectivity index (χ0) is 25.2. The van der Waals surface area contributed by atoms with Crippen molar-refractivity contribution in [2.75, 3.05) is 40.4 Å². The second-order valence-corrected chi connectivity index (χ2v) is 8.11. The Kier molecular flexibility index (Phi) is 6.97. The Morgan fingerprint density at radius 1 is 1.06 bits per heavy atom. The van der Waals surface area contributed by atoms with Gasteiger partial charge in [0.15, 0.2) is 0 Å². The summed E-state index contributed by atoms with van der Waals surface area (Å²) in [7, 11) is 3.04. The summed E-state index contributed by atoms with van der Waals surface area (Å²) in [5, 5.41) is 3.87. The van der Waals surface area contributed by atoms with Crippen LogP contribution in [0, 0.1) is 0 Å². The van der Waals surface area contributed by atoms with Crippen LogP contribution in [0.4, 0.5) is 13.2 Å².